The van der Waals surface area contributed by atoms with Crippen molar-refractivity contribution < 1.29 is 4.39 Å². The second kappa shape index (κ2) is 4.55. The zero-order valence-electron chi connectivity index (χ0n) is 11.4. The van der Waals surface area contributed by atoms with Gasteiger partial charge in [0.2, 0.25) is 0 Å². The molecule has 1 aromatic rings. The number of nitrogen functional groups attached to an aromatic ring is 1. The Morgan fingerprint density at radius 3 is 2.24 bits per heavy atom. The van der Waals surface area contributed by atoms with Crippen molar-refractivity contribution in [2.45, 2.75) is 34.6 Å². The molecule has 1 rings (SSSR count). The highest BCUT2D eigenvalue weighted by molar-refractivity contribution is 5.65. The first-order valence-corrected chi connectivity index (χ1v) is 5.92. The Hall–Kier alpha value is -1.25. The number of anilines is 2. The van der Waals surface area contributed by atoms with E-state index in [1.807, 2.05) is 0 Å². The van der Waals surface area contributed by atoms with E-state index in [0.717, 1.165) is 12.2 Å². The van der Waals surface area contributed by atoms with E-state index in [0.29, 0.717) is 5.69 Å². The lowest BCUT2D eigenvalue weighted by atomic mass is 9.69. The van der Waals surface area contributed by atoms with Gasteiger partial charge in [0.25, 0.3) is 0 Å². The van der Waals surface area contributed by atoms with Gasteiger partial charge in [0, 0.05) is 6.54 Å². The van der Waals surface area contributed by atoms with Crippen LogP contribution in [-0.2, 0) is 0 Å². The molecule has 0 unspecified atom stereocenters. The Labute approximate surface area is 103 Å². The summed E-state index contributed by atoms with van der Waals surface area (Å²) < 4.78 is 12.9. The highest BCUT2D eigenvalue weighted by Crippen LogP contribution is 2.38. The summed E-state index contributed by atoms with van der Waals surface area (Å²) in [4.78, 5) is 0. The molecule has 0 radical (unpaired) electrons. The van der Waals surface area contributed by atoms with Crippen molar-refractivity contribution in [3.63, 3.8) is 0 Å². The third kappa shape index (κ3) is 3.35. The zero-order valence-corrected chi connectivity index (χ0v) is 11.4. The van der Waals surface area contributed by atoms with Gasteiger partial charge >= 0.3 is 0 Å². The molecule has 96 valence electrons. The van der Waals surface area contributed by atoms with Crippen LogP contribution in [0, 0.1) is 16.6 Å². The molecule has 0 bridgehead atoms. The predicted molar refractivity (Wildman–Crippen MR) is 72.5 cm³/mol. The van der Waals surface area contributed by atoms with Crippen LogP contribution < -0.4 is 11.1 Å². The zero-order chi connectivity index (χ0) is 13.3. The Morgan fingerprint density at radius 2 is 1.76 bits per heavy atom. The Morgan fingerprint density at radius 1 is 1.18 bits per heavy atom. The normalized spacial score (nSPS) is 12.6. The van der Waals surface area contributed by atoms with Crippen LogP contribution in [0.2, 0.25) is 0 Å². The van der Waals surface area contributed by atoms with Crippen molar-refractivity contribution in [2.24, 2.45) is 10.8 Å². The molecule has 0 saturated heterocycles. The molecule has 1 aromatic carbocycles. The van der Waals surface area contributed by atoms with Gasteiger partial charge in [-0.3, -0.25) is 0 Å². The first kappa shape index (κ1) is 13.8. The molecule has 0 aliphatic heterocycles. The van der Waals surface area contributed by atoms with Gasteiger partial charge in [0.05, 0.1) is 11.4 Å². The number of hydrogen-bond donors (Lipinski definition) is 2. The van der Waals surface area contributed by atoms with E-state index in [1.54, 1.807) is 6.07 Å². The molecule has 3 N–H and O–H groups in total. The molecule has 0 spiro atoms. The maximum absolute atomic E-state index is 12.9. The first-order valence-electron chi connectivity index (χ1n) is 5.92. The number of benzene rings is 1. The standard InChI is InChI=1S/C14H23FN2/c1-13(2,3)14(4,5)9-17-12-7-6-10(15)8-11(12)16/h6-8,17H,9,16H2,1-5H3. The smallest absolute Gasteiger partial charge is 0.125 e. The van der Waals surface area contributed by atoms with E-state index < -0.39 is 0 Å². The SMILES string of the molecule is CC(C)(C)C(C)(C)CNc1ccc(F)cc1N. The van der Waals surface area contributed by atoms with Crippen LogP contribution in [0.25, 0.3) is 0 Å². The Kier molecular flexibility index (Phi) is 3.70. The highest BCUT2D eigenvalue weighted by Gasteiger charge is 2.32. The average Bonchev–Trinajstić information content (AvgIpc) is 2.14. The lowest BCUT2D eigenvalue weighted by Gasteiger charge is -2.39. The van der Waals surface area contributed by atoms with Crippen LogP contribution in [-0.4, -0.2) is 6.54 Å². The average molecular weight is 238 g/mol. The molecular weight excluding hydrogens is 215 g/mol. The fourth-order valence-corrected chi connectivity index (χ4v) is 1.28. The first-order chi connectivity index (χ1) is 7.63. The van der Waals surface area contributed by atoms with Gasteiger partial charge in [-0.05, 0) is 29.0 Å². The summed E-state index contributed by atoms with van der Waals surface area (Å²) in [6.45, 7) is 11.8. The predicted octanol–water partition coefficient (Wildman–Crippen LogP) is 3.89. The van der Waals surface area contributed by atoms with Crippen molar-refractivity contribution in [1.82, 2.24) is 0 Å². The quantitative estimate of drug-likeness (QED) is 0.784. The van der Waals surface area contributed by atoms with E-state index in [-0.39, 0.29) is 16.6 Å². The van der Waals surface area contributed by atoms with Crippen LogP contribution >= 0.6 is 0 Å². The van der Waals surface area contributed by atoms with Gasteiger partial charge in [-0.2, -0.15) is 0 Å². The molecule has 2 nitrogen and oxygen atoms in total. The van der Waals surface area contributed by atoms with Crippen molar-refractivity contribution in [1.29, 1.82) is 0 Å². The van der Waals surface area contributed by atoms with Crippen LogP contribution in [0.3, 0.4) is 0 Å². The molecule has 0 aliphatic carbocycles. The fraction of sp³-hybridized carbons (Fsp3) is 0.571. The summed E-state index contributed by atoms with van der Waals surface area (Å²) >= 11 is 0. The summed E-state index contributed by atoms with van der Waals surface area (Å²) in [7, 11) is 0. The molecule has 0 fully saturated rings. The molecule has 0 aromatic heterocycles. The maximum atomic E-state index is 12.9. The molecule has 0 saturated carbocycles. The fourth-order valence-electron chi connectivity index (χ4n) is 1.28. The monoisotopic (exact) mass is 238 g/mol. The van der Waals surface area contributed by atoms with Crippen LogP contribution in [0.15, 0.2) is 18.2 Å². The number of nitrogens with one attached hydrogen (secondary N) is 1. The van der Waals surface area contributed by atoms with E-state index >= 15 is 0 Å². The van der Waals surface area contributed by atoms with Gasteiger partial charge in [0.15, 0.2) is 0 Å². The lowest BCUT2D eigenvalue weighted by Crippen LogP contribution is -2.36. The van der Waals surface area contributed by atoms with Gasteiger partial charge in [-0.1, -0.05) is 34.6 Å². The van der Waals surface area contributed by atoms with Crippen molar-refractivity contribution in [3.05, 3.63) is 24.0 Å². The van der Waals surface area contributed by atoms with Crippen LogP contribution in [0.4, 0.5) is 15.8 Å². The number of halogens is 1. The molecule has 0 heterocycles. The molecular formula is C14H23FN2. The summed E-state index contributed by atoms with van der Waals surface area (Å²) in [5.41, 5.74) is 7.31. The molecule has 0 atom stereocenters. The Balaban J connectivity index is 2.74. The number of nitrogens with two attached hydrogens (primary N) is 1. The van der Waals surface area contributed by atoms with Crippen molar-refractivity contribution in [2.75, 3.05) is 17.6 Å². The maximum Gasteiger partial charge on any atom is 0.125 e. The van der Waals surface area contributed by atoms with E-state index in [9.17, 15) is 4.39 Å². The lowest BCUT2D eigenvalue weighted by molar-refractivity contribution is 0.148. The summed E-state index contributed by atoms with van der Waals surface area (Å²) in [6, 6.07) is 4.44. The Bertz CT molecular complexity index is 392. The summed E-state index contributed by atoms with van der Waals surface area (Å²) in [5, 5.41) is 3.30. The third-order valence-electron chi connectivity index (χ3n) is 3.76. The van der Waals surface area contributed by atoms with Crippen LogP contribution in [0.5, 0.6) is 0 Å². The van der Waals surface area contributed by atoms with Crippen molar-refractivity contribution >= 4 is 11.4 Å². The molecule has 17 heavy (non-hydrogen) atoms. The molecule has 3 heteroatoms. The van der Waals surface area contributed by atoms with Gasteiger partial charge < -0.3 is 11.1 Å². The number of rotatable bonds is 3. The topological polar surface area (TPSA) is 38.0 Å². The van der Waals surface area contributed by atoms with Crippen molar-refractivity contribution in [3.8, 4) is 0 Å². The van der Waals surface area contributed by atoms with E-state index in [1.165, 1.54) is 12.1 Å². The minimum atomic E-state index is -0.303. The highest BCUT2D eigenvalue weighted by atomic mass is 19.1. The summed E-state index contributed by atoms with van der Waals surface area (Å²) in [5.74, 6) is -0.303. The largest absolute Gasteiger partial charge is 0.397 e. The molecule has 0 amide bonds. The van der Waals surface area contributed by atoms with Crippen LogP contribution in [0.1, 0.15) is 34.6 Å². The van der Waals surface area contributed by atoms with E-state index in [4.69, 9.17) is 5.73 Å². The van der Waals surface area contributed by atoms with Gasteiger partial charge in [-0.15, -0.1) is 0 Å². The van der Waals surface area contributed by atoms with E-state index in [2.05, 4.69) is 39.9 Å². The third-order valence-corrected chi connectivity index (χ3v) is 3.76. The van der Waals surface area contributed by atoms with Gasteiger partial charge in [0.1, 0.15) is 5.82 Å². The molecule has 0 aliphatic rings. The minimum absolute atomic E-state index is 0.119. The summed E-state index contributed by atoms with van der Waals surface area (Å²) in [6.07, 6.45) is 0. The minimum Gasteiger partial charge on any atom is -0.397 e. The second-order valence-corrected chi connectivity index (χ2v) is 6.22. The number of hydrogen-bond acceptors (Lipinski definition) is 2. The van der Waals surface area contributed by atoms with Gasteiger partial charge in [-0.25, -0.2) is 4.39 Å². The second-order valence-electron chi connectivity index (χ2n) is 6.22.